The monoisotopic (exact) mass is 179 g/mol. The first-order chi connectivity index (χ1) is 6.25. The lowest BCUT2D eigenvalue weighted by atomic mass is 10.3. The highest BCUT2D eigenvalue weighted by molar-refractivity contribution is 5.78. The number of hydrogen-bond acceptors (Lipinski definition) is 2. The van der Waals surface area contributed by atoms with Crippen molar-refractivity contribution in [2.75, 3.05) is 0 Å². The molecule has 1 amide bonds. The zero-order chi connectivity index (χ0) is 9.26. The average Bonchev–Trinajstić information content (AvgIpc) is 2.79. The van der Waals surface area contributed by atoms with Crippen LogP contribution in [0.1, 0.15) is 18.5 Å². The first-order valence-electron chi connectivity index (χ1n) is 4.50. The molecule has 0 aliphatic heterocycles. The molecule has 70 valence electrons. The zero-order valence-electron chi connectivity index (χ0n) is 7.66. The molecule has 1 heterocycles. The third-order valence-electron chi connectivity index (χ3n) is 2.20. The number of nitrogens with one attached hydrogen (secondary N) is 1. The van der Waals surface area contributed by atoms with Crippen LogP contribution in [0.15, 0.2) is 12.5 Å². The van der Waals surface area contributed by atoms with Crippen LogP contribution >= 0.6 is 0 Å². The van der Waals surface area contributed by atoms with Crippen molar-refractivity contribution in [3.05, 3.63) is 18.2 Å². The Labute approximate surface area is 77.0 Å². The number of rotatable bonds is 3. The van der Waals surface area contributed by atoms with Crippen molar-refractivity contribution in [3.8, 4) is 0 Å². The van der Waals surface area contributed by atoms with Gasteiger partial charge in [0.05, 0.1) is 12.7 Å². The van der Waals surface area contributed by atoms with Gasteiger partial charge in [-0.1, -0.05) is 0 Å². The molecule has 0 aromatic carbocycles. The Morgan fingerprint density at radius 1 is 1.77 bits per heavy atom. The van der Waals surface area contributed by atoms with E-state index in [1.165, 1.54) is 0 Å². The van der Waals surface area contributed by atoms with Crippen LogP contribution in [0.25, 0.3) is 0 Å². The summed E-state index contributed by atoms with van der Waals surface area (Å²) in [6.45, 7) is 0. The highest BCUT2D eigenvalue weighted by Gasteiger charge is 2.23. The van der Waals surface area contributed by atoms with Gasteiger partial charge in [0, 0.05) is 25.0 Å². The van der Waals surface area contributed by atoms with E-state index in [-0.39, 0.29) is 5.91 Å². The molecule has 1 aliphatic rings. The van der Waals surface area contributed by atoms with E-state index in [9.17, 15) is 4.79 Å². The Hall–Kier alpha value is -1.32. The summed E-state index contributed by atoms with van der Waals surface area (Å²) in [6, 6.07) is 0.445. The van der Waals surface area contributed by atoms with Crippen molar-refractivity contribution < 1.29 is 4.79 Å². The molecule has 1 aliphatic carbocycles. The Morgan fingerprint density at radius 3 is 3.08 bits per heavy atom. The van der Waals surface area contributed by atoms with Gasteiger partial charge in [0.2, 0.25) is 5.91 Å². The van der Waals surface area contributed by atoms with E-state index in [2.05, 4.69) is 10.3 Å². The van der Waals surface area contributed by atoms with E-state index < -0.39 is 0 Å². The van der Waals surface area contributed by atoms with Crippen LogP contribution in [-0.4, -0.2) is 21.5 Å². The molecule has 4 heteroatoms. The third kappa shape index (κ3) is 2.08. The van der Waals surface area contributed by atoms with Crippen molar-refractivity contribution in [3.63, 3.8) is 0 Å². The second kappa shape index (κ2) is 3.20. The Balaban J connectivity index is 1.89. The van der Waals surface area contributed by atoms with Crippen molar-refractivity contribution in [1.29, 1.82) is 0 Å². The van der Waals surface area contributed by atoms with E-state index in [4.69, 9.17) is 0 Å². The molecule has 0 unspecified atom stereocenters. The predicted octanol–water partition coefficient (Wildman–Crippen LogP) is 0.241. The molecule has 1 aromatic heterocycles. The summed E-state index contributed by atoms with van der Waals surface area (Å²) in [4.78, 5) is 15.3. The maximum absolute atomic E-state index is 11.4. The predicted molar refractivity (Wildman–Crippen MR) is 48.1 cm³/mol. The summed E-state index contributed by atoms with van der Waals surface area (Å²) in [5, 5.41) is 2.94. The molecule has 1 aromatic rings. The molecule has 0 saturated heterocycles. The fourth-order valence-electron chi connectivity index (χ4n) is 1.23. The maximum Gasteiger partial charge on any atom is 0.226 e. The van der Waals surface area contributed by atoms with Crippen molar-refractivity contribution >= 4 is 5.91 Å². The third-order valence-corrected chi connectivity index (χ3v) is 2.20. The number of carbonyl (C=O) groups is 1. The second-order valence-electron chi connectivity index (χ2n) is 3.51. The first kappa shape index (κ1) is 8.29. The van der Waals surface area contributed by atoms with E-state index in [0.29, 0.717) is 12.5 Å². The highest BCUT2D eigenvalue weighted by Crippen LogP contribution is 2.18. The number of imidazole rings is 1. The van der Waals surface area contributed by atoms with Gasteiger partial charge in [-0.05, 0) is 12.8 Å². The van der Waals surface area contributed by atoms with Crippen LogP contribution < -0.4 is 5.32 Å². The standard InChI is InChI=1S/C9H13N3O/c1-12-6-10-5-8(12)4-9(13)11-7-2-3-7/h5-7H,2-4H2,1H3,(H,11,13). The Bertz CT molecular complexity index is 314. The average molecular weight is 179 g/mol. The second-order valence-corrected chi connectivity index (χ2v) is 3.51. The summed E-state index contributed by atoms with van der Waals surface area (Å²) in [5.74, 6) is 0.103. The van der Waals surface area contributed by atoms with Gasteiger partial charge in [-0.15, -0.1) is 0 Å². The quantitative estimate of drug-likeness (QED) is 0.722. The number of aromatic nitrogens is 2. The van der Waals surface area contributed by atoms with Crippen LogP contribution in [-0.2, 0) is 18.3 Å². The lowest BCUT2D eigenvalue weighted by Gasteiger charge is -2.03. The van der Waals surface area contributed by atoms with Gasteiger partial charge in [-0.3, -0.25) is 4.79 Å². The molecular weight excluding hydrogens is 166 g/mol. The van der Waals surface area contributed by atoms with Crippen LogP contribution in [0.5, 0.6) is 0 Å². The molecule has 1 N–H and O–H groups in total. The van der Waals surface area contributed by atoms with Gasteiger partial charge >= 0.3 is 0 Å². The van der Waals surface area contributed by atoms with Gasteiger partial charge < -0.3 is 9.88 Å². The van der Waals surface area contributed by atoms with Gasteiger partial charge in [0.15, 0.2) is 0 Å². The zero-order valence-corrected chi connectivity index (χ0v) is 7.66. The molecule has 1 fully saturated rings. The van der Waals surface area contributed by atoms with Crippen molar-refractivity contribution in [1.82, 2.24) is 14.9 Å². The lowest BCUT2D eigenvalue weighted by molar-refractivity contribution is -0.120. The van der Waals surface area contributed by atoms with E-state index in [1.54, 1.807) is 12.5 Å². The summed E-state index contributed by atoms with van der Waals surface area (Å²) >= 11 is 0. The summed E-state index contributed by atoms with van der Waals surface area (Å²) in [5.41, 5.74) is 0.957. The largest absolute Gasteiger partial charge is 0.353 e. The summed E-state index contributed by atoms with van der Waals surface area (Å²) in [7, 11) is 1.90. The van der Waals surface area contributed by atoms with Gasteiger partial charge in [-0.2, -0.15) is 0 Å². The SMILES string of the molecule is Cn1cncc1CC(=O)NC1CC1. The number of carbonyl (C=O) groups excluding carboxylic acids is 1. The molecule has 0 bridgehead atoms. The Morgan fingerprint density at radius 2 is 2.54 bits per heavy atom. The minimum Gasteiger partial charge on any atom is -0.353 e. The fourth-order valence-corrected chi connectivity index (χ4v) is 1.23. The molecular formula is C9H13N3O. The van der Waals surface area contributed by atoms with E-state index in [1.807, 2.05) is 11.6 Å². The van der Waals surface area contributed by atoms with Gasteiger partial charge in [-0.25, -0.2) is 4.98 Å². The summed E-state index contributed by atoms with van der Waals surface area (Å²) < 4.78 is 1.87. The number of amides is 1. The van der Waals surface area contributed by atoms with Crippen LogP contribution in [0.2, 0.25) is 0 Å². The molecule has 2 rings (SSSR count). The minimum absolute atomic E-state index is 0.103. The fraction of sp³-hybridized carbons (Fsp3) is 0.556. The molecule has 4 nitrogen and oxygen atoms in total. The van der Waals surface area contributed by atoms with Crippen molar-refractivity contribution in [2.24, 2.45) is 7.05 Å². The van der Waals surface area contributed by atoms with Crippen LogP contribution in [0, 0.1) is 0 Å². The van der Waals surface area contributed by atoms with E-state index >= 15 is 0 Å². The molecule has 0 spiro atoms. The number of nitrogens with zero attached hydrogens (tertiary/aromatic N) is 2. The summed E-state index contributed by atoms with van der Waals surface area (Å²) in [6.07, 6.45) is 6.15. The lowest BCUT2D eigenvalue weighted by Crippen LogP contribution is -2.27. The van der Waals surface area contributed by atoms with Gasteiger partial charge in [0.25, 0.3) is 0 Å². The molecule has 1 saturated carbocycles. The van der Waals surface area contributed by atoms with Crippen LogP contribution in [0.4, 0.5) is 0 Å². The van der Waals surface area contributed by atoms with Crippen LogP contribution in [0.3, 0.4) is 0 Å². The highest BCUT2D eigenvalue weighted by atomic mass is 16.1. The minimum atomic E-state index is 0.103. The molecule has 0 radical (unpaired) electrons. The smallest absolute Gasteiger partial charge is 0.226 e. The molecule has 0 atom stereocenters. The molecule has 13 heavy (non-hydrogen) atoms. The normalized spacial score (nSPS) is 15.8. The maximum atomic E-state index is 11.4. The van der Waals surface area contributed by atoms with Crippen molar-refractivity contribution in [2.45, 2.75) is 25.3 Å². The van der Waals surface area contributed by atoms with E-state index in [0.717, 1.165) is 18.5 Å². The number of aryl methyl sites for hydroxylation is 1. The topological polar surface area (TPSA) is 46.9 Å². The number of hydrogen-bond donors (Lipinski definition) is 1. The first-order valence-corrected chi connectivity index (χ1v) is 4.50. The Kier molecular flexibility index (Phi) is 2.04. The van der Waals surface area contributed by atoms with Gasteiger partial charge in [0.1, 0.15) is 0 Å².